The van der Waals surface area contributed by atoms with Crippen LogP contribution >= 0.6 is 22.6 Å². The summed E-state index contributed by atoms with van der Waals surface area (Å²) in [4.78, 5) is 12.5. The average molecular weight is 487 g/mol. The molecule has 0 fully saturated rings. The fourth-order valence-corrected chi connectivity index (χ4v) is 3.19. The highest BCUT2D eigenvalue weighted by molar-refractivity contribution is 14.1. The third-order valence-electron chi connectivity index (χ3n) is 3.83. The van der Waals surface area contributed by atoms with Crippen LogP contribution in [-0.4, -0.2) is 19.6 Å². The first-order valence-corrected chi connectivity index (χ1v) is 9.49. The van der Waals surface area contributed by atoms with Crippen molar-refractivity contribution in [2.45, 2.75) is 13.3 Å². The van der Waals surface area contributed by atoms with Crippen molar-refractivity contribution < 1.29 is 14.3 Å². The molecule has 1 N–H and O–H groups in total. The molecular weight excluding hydrogens is 469 g/mol. The molecule has 1 amide bonds. The molecule has 0 bridgehead atoms. The number of halogens is 1. The summed E-state index contributed by atoms with van der Waals surface area (Å²) in [5.41, 5.74) is 2.35. The summed E-state index contributed by atoms with van der Waals surface area (Å²) in [6.07, 6.45) is 2.39. The van der Waals surface area contributed by atoms with Crippen LogP contribution in [-0.2, 0) is 11.2 Å². The minimum absolute atomic E-state index is 0.0388. The van der Waals surface area contributed by atoms with Gasteiger partial charge in [-0.3, -0.25) is 4.79 Å². The molecule has 0 heterocycles. The van der Waals surface area contributed by atoms with Crippen LogP contribution in [0.2, 0.25) is 0 Å². The van der Waals surface area contributed by atoms with E-state index in [1.807, 2.05) is 46.9 Å². The minimum Gasteiger partial charge on any atom is -0.493 e. The molecule has 0 atom stereocenters. The van der Waals surface area contributed by atoms with Gasteiger partial charge in [0.05, 0.1) is 10.7 Å². The number of nitrogens with one attached hydrogen (secondary N) is 1. The molecule has 6 nitrogen and oxygen atoms in total. The van der Waals surface area contributed by atoms with Crippen molar-refractivity contribution in [2.24, 2.45) is 0 Å². The van der Waals surface area contributed by atoms with Crippen molar-refractivity contribution in [1.82, 2.24) is 0 Å². The van der Waals surface area contributed by atoms with E-state index >= 15 is 0 Å². The first-order valence-electron chi connectivity index (χ1n) is 8.41. The highest BCUT2D eigenvalue weighted by Crippen LogP contribution is 2.34. The molecule has 0 radical (unpaired) electrons. The lowest BCUT2D eigenvalue weighted by atomic mass is 10.1. The number of aryl methyl sites for hydroxylation is 1. The van der Waals surface area contributed by atoms with Gasteiger partial charge in [0.25, 0.3) is 5.91 Å². The molecular formula is C21H18IN3O3. The summed E-state index contributed by atoms with van der Waals surface area (Å²) in [5, 5.41) is 20.8. The molecule has 0 unspecified atom stereocenters. The Morgan fingerprint density at radius 1 is 1.25 bits per heavy atom. The minimum atomic E-state index is -0.495. The van der Waals surface area contributed by atoms with E-state index in [1.165, 1.54) is 13.2 Å². The molecule has 0 saturated carbocycles. The number of anilines is 1. The van der Waals surface area contributed by atoms with Crippen LogP contribution in [0.5, 0.6) is 11.5 Å². The smallest absolute Gasteiger partial charge is 0.266 e. The van der Waals surface area contributed by atoms with Gasteiger partial charge < -0.3 is 14.8 Å². The van der Waals surface area contributed by atoms with E-state index in [0.717, 1.165) is 12.0 Å². The van der Waals surface area contributed by atoms with Crippen molar-refractivity contribution in [2.75, 3.05) is 19.0 Å². The summed E-state index contributed by atoms with van der Waals surface area (Å²) in [6.45, 7) is 1.95. The van der Waals surface area contributed by atoms with Crippen molar-refractivity contribution in [3.05, 3.63) is 56.7 Å². The number of benzene rings is 2. The van der Waals surface area contributed by atoms with Crippen LogP contribution in [0.3, 0.4) is 0 Å². The lowest BCUT2D eigenvalue weighted by molar-refractivity contribution is -0.112. The molecule has 2 rings (SSSR count). The van der Waals surface area contributed by atoms with Crippen molar-refractivity contribution in [1.29, 1.82) is 10.5 Å². The molecule has 2 aromatic rings. The van der Waals surface area contributed by atoms with E-state index in [0.29, 0.717) is 26.3 Å². The van der Waals surface area contributed by atoms with E-state index in [1.54, 1.807) is 24.3 Å². The van der Waals surface area contributed by atoms with Crippen molar-refractivity contribution in [3.63, 3.8) is 0 Å². The highest BCUT2D eigenvalue weighted by Gasteiger charge is 2.14. The number of hydrogen-bond acceptors (Lipinski definition) is 5. The second-order valence-corrected chi connectivity index (χ2v) is 6.82. The molecule has 142 valence electrons. The van der Waals surface area contributed by atoms with Gasteiger partial charge in [-0.2, -0.15) is 10.5 Å². The third kappa shape index (κ3) is 5.48. The van der Waals surface area contributed by atoms with Crippen LogP contribution in [0.1, 0.15) is 18.1 Å². The van der Waals surface area contributed by atoms with Crippen LogP contribution in [0.4, 0.5) is 5.69 Å². The first kappa shape index (κ1) is 21.3. The maximum absolute atomic E-state index is 12.5. The maximum atomic E-state index is 12.5. The van der Waals surface area contributed by atoms with Gasteiger partial charge in [0.15, 0.2) is 18.1 Å². The topological polar surface area (TPSA) is 95.1 Å². The number of rotatable bonds is 7. The Morgan fingerprint density at radius 3 is 2.54 bits per heavy atom. The standard InChI is InChI=1S/C21H18IN3O3/c1-3-14-4-6-17(7-5-14)25-21(26)16(13-24)10-15-11-18(22)20(28-9-8-23)19(12-15)27-2/h4-7,10-12H,3,9H2,1-2H3,(H,25,26)/b16-10+. The molecule has 0 aliphatic carbocycles. The van der Waals surface area contributed by atoms with E-state index in [-0.39, 0.29) is 12.2 Å². The fraction of sp³-hybridized carbons (Fsp3) is 0.190. The molecule has 0 saturated heterocycles. The van der Waals surface area contributed by atoms with Gasteiger partial charge in [-0.1, -0.05) is 19.1 Å². The second kappa shape index (κ2) is 10.3. The quantitative estimate of drug-likeness (QED) is 0.357. The largest absolute Gasteiger partial charge is 0.493 e. The number of carbonyl (C=O) groups excluding carboxylic acids is 1. The van der Waals surface area contributed by atoms with Gasteiger partial charge in [-0.05, 0) is 70.5 Å². The van der Waals surface area contributed by atoms with Crippen LogP contribution in [0, 0.1) is 26.2 Å². The molecule has 0 aromatic heterocycles. The van der Waals surface area contributed by atoms with Crippen LogP contribution < -0.4 is 14.8 Å². The summed E-state index contributed by atoms with van der Waals surface area (Å²) >= 11 is 2.05. The number of ether oxygens (including phenoxy) is 2. The van der Waals surface area contributed by atoms with Gasteiger partial charge in [-0.15, -0.1) is 0 Å². The molecule has 28 heavy (non-hydrogen) atoms. The van der Waals surface area contributed by atoms with E-state index in [4.69, 9.17) is 14.7 Å². The lowest BCUT2D eigenvalue weighted by Gasteiger charge is -2.12. The molecule has 0 aliphatic heterocycles. The highest BCUT2D eigenvalue weighted by atomic mass is 127. The zero-order chi connectivity index (χ0) is 20.5. The Morgan fingerprint density at radius 2 is 1.96 bits per heavy atom. The van der Waals surface area contributed by atoms with Crippen molar-refractivity contribution in [3.8, 4) is 23.6 Å². The molecule has 7 heteroatoms. The average Bonchev–Trinajstić information content (AvgIpc) is 2.71. The Hall–Kier alpha value is -3.04. The monoisotopic (exact) mass is 487 g/mol. The Labute approximate surface area is 177 Å². The number of nitriles is 2. The number of hydrogen-bond donors (Lipinski definition) is 1. The van der Waals surface area contributed by atoms with Gasteiger partial charge in [0.2, 0.25) is 0 Å². The van der Waals surface area contributed by atoms with Crippen LogP contribution in [0.15, 0.2) is 42.0 Å². The van der Waals surface area contributed by atoms with Gasteiger partial charge in [0, 0.05) is 5.69 Å². The van der Waals surface area contributed by atoms with E-state index < -0.39 is 5.91 Å². The SMILES string of the molecule is CCc1ccc(NC(=O)/C(C#N)=C/c2cc(I)c(OCC#N)c(OC)c2)cc1. The predicted molar refractivity (Wildman–Crippen MR) is 115 cm³/mol. The molecule has 0 aliphatic rings. The third-order valence-corrected chi connectivity index (χ3v) is 4.63. The molecule has 2 aromatic carbocycles. The Bertz CT molecular complexity index is 970. The summed E-state index contributed by atoms with van der Waals surface area (Å²) in [7, 11) is 1.48. The molecule has 0 spiro atoms. The number of nitrogens with zero attached hydrogens (tertiary/aromatic N) is 2. The summed E-state index contributed by atoms with van der Waals surface area (Å²) < 4.78 is 11.4. The summed E-state index contributed by atoms with van der Waals surface area (Å²) in [5.74, 6) is 0.368. The second-order valence-electron chi connectivity index (χ2n) is 5.66. The number of methoxy groups -OCH3 is 1. The normalized spacial score (nSPS) is 10.5. The van der Waals surface area contributed by atoms with E-state index in [2.05, 4.69) is 12.2 Å². The predicted octanol–water partition coefficient (Wildman–Crippen LogP) is 4.31. The van der Waals surface area contributed by atoms with Gasteiger partial charge in [-0.25, -0.2) is 0 Å². The van der Waals surface area contributed by atoms with Gasteiger partial charge >= 0.3 is 0 Å². The zero-order valence-corrected chi connectivity index (χ0v) is 17.6. The van der Waals surface area contributed by atoms with Crippen LogP contribution in [0.25, 0.3) is 6.08 Å². The Kier molecular flexibility index (Phi) is 7.85. The maximum Gasteiger partial charge on any atom is 0.266 e. The first-order chi connectivity index (χ1) is 13.5. The number of amides is 1. The fourth-order valence-electron chi connectivity index (χ4n) is 2.41. The lowest BCUT2D eigenvalue weighted by Crippen LogP contribution is -2.13. The summed E-state index contributed by atoms with van der Waals surface area (Å²) in [6, 6.07) is 14.7. The Balaban J connectivity index is 2.27. The van der Waals surface area contributed by atoms with Gasteiger partial charge in [0.1, 0.15) is 17.7 Å². The van der Waals surface area contributed by atoms with Crippen molar-refractivity contribution >= 4 is 40.3 Å². The number of carbonyl (C=O) groups is 1. The zero-order valence-electron chi connectivity index (χ0n) is 15.5. The van der Waals surface area contributed by atoms with E-state index in [9.17, 15) is 10.1 Å².